The Kier molecular flexibility index (Phi) is 6.47. The van der Waals surface area contributed by atoms with Gasteiger partial charge < -0.3 is 15.2 Å². The largest absolute Gasteiger partial charge is 0.481 e. The van der Waals surface area contributed by atoms with Crippen LogP contribution in [0.25, 0.3) is 0 Å². The third-order valence-corrected chi connectivity index (χ3v) is 6.09. The maximum Gasteiger partial charge on any atom is 0.286 e. The second kappa shape index (κ2) is 8.84. The summed E-state index contributed by atoms with van der Waals surface area (Å²) in [6, 6.07) is 9.31. The van der Waals surface area contributed by atoms with Crippen LogP contribution in [0.5, 0.6) is 0 Å². The van der Waals surface area contributed by atoms with E-state index in [1.54, 1.807) is 31.2 Å². The predicted octanol–water partition coefficient (Wildman–Crippen LogP) is 3.92. The van der Waals surface area contributed by atoms with Crippen molar-refractivity contribution in [3.63, 3.8) is 0 Å². The van der Waals surface area contributed by atoms with Gasteiger partial charge >= 0.3 is 0 Å². The molecule has 2 aliphatic rings. The maximum absolute atomic E-state index is 12.8. The van der Waals surface area contributed by atoms with Crippen molar-refractivity contribution >= 4 is 39.4 Å². The summed E-state index contributed by atoms with van der Waals surface area (Å²) in [6.45, 7) is 1.87. The standard InChI is InChI=1S/C20H19BrN2O4S/c1-2-27-20(26)17-16(12-5-7-13(21)8-6-12)14(9-22)19(23-18(17)25)28-10-15(24)11-3-4-11/h5-8,11,16,26H,2-4,10H2,1H3,(H,23,25). The molecule has 0 aromatic heterocycles. The molecule has 1 amide bonds. The number of carbonyl (C=O) groups excluding carboxylic acids is 2. The first kappa shape index (κ1) is 20.5. The third kappa shape index (κ3) is 4.42. The molecule has 146 valence electrons. The number of aliphatic hydroxyl groups is 1. The zero-order valence-electron chi connectivity index (χ0n) is 15.2. The topological polar surface area (TPSA) is 99.4 Å². The van der Waals surface area contributed by atoms with Gasteiger partial charge in [-0.2, -0.15) is 5.26 Å². The minimum absolute atomic E-state index is 0.0152. The quantitative estimate of drug-likeness (QED) is 0.470. The number of allylic oxidation sites excluding steroid dienone is 1. The molecular formula is C20H19BrN2O4S. The van der Waals surface area contributed by atoms with Crippen LogP contribution < -0.4 is 5.32 Å². The van der Waals surface area contributed by atoms with Gasteiger partial charge in [-0.25, -0.2) is 0 Å². The molecule has 1 aliphatic heterocycles. The smallest absolute Gasteiger partial charge is 0.286 e. The Morgan fingerprint density at radius 3 is 2.64 bits per heavy atom. The van der Waals surface area contributed by atoms with Crippen LogP contribution in [0.2, 0.25) is 0 Å². The highest BCUT2D eigenvalue weighted by Gasteiger charge is 2.38. The van der Waals surface area contributed by atoms with Crippen LogP contribution in [0.4, 0.5) is 0 Å². The number of aliphatic hydroxyl groups excluding tert-OH is 1. The van der Waals surface area contributed by atoms with E-state index in [4.69, 9.17) is 4.74 Å². The lowest BCUT2D eigenvalue weighted by Gasteiger charge is -2.28. The highest BCUT2D eigenvalue weighted by Crippen LogP contribution is 2.41. The molecule has 0 radical (unpaired) electrons. The second-order valence-corrected chi connectivity index (χ2v) is 8.38. The zero-order chi connectivity index (χ0) is 20.3. The summed E-state index contributed by atoms with van der Waals surface area (Å²) in [4.78, 5) is 24.8. The number of Topliss-reactive ketones (excluding diaryl/α,β-unsaturated/α-hetero) is 1. The van der Waals surface area contributed by atoms with Gasteiger partial charge in [-0.15, -0.1) is 0 Å². The molecule has 2 N–H and O–H groups in total. The fourth-order valence-electron chi connectivity index (χ4n) is 2.96. The predicted molar refractivity (Wildman–Crippen MR) is 109 cm³/mol. The number of ether oxygens (including phenoxy) is 1. The van der Waals surface area contributed by atoms with Crippen molar-refractivity contribution in [1.82, 2.24) is 5.32 Å². The molecule has 8 heteroatoms. The van der Waals surface area contributed by atoms with E-state index in [1.807, 2.05) is 0 Å². The fraction of sp³-hybridized carbons (Fsp3) is 0.350. The summed E-state index contributed by atoms with van der Waals surface area (Å²) in [5.74, 6) is -1.38. The summed E-state index contributed by atoms with van der Waals surface area (Å²) in [6.07, 6.45) is 1.82. The van der Waals surface area contributed by atoms with Crippen molar-refractivity contribution in [1.29, 1.82) is 5.26 Å². The average Bonchev–Trinajstić information content (AvgIpc) is 3.51. The van der Waals surface area contributed by atoms with Crippen molar-refractivity contribution in [2.45, 2.75) is 25.7 Å². The number of halogens is 1. The van der Waals surface area contributed by atoms with Crippen LogP contribution in [0, 0.1) is 17.2 Å². The molecule has 6 nitrogen and oxygen atoms in total. The Hall–Kier alpha value is -2.24. The maximum atomic E-state index is 12.8. The van der Waals surface area contributed by atoms with Crippen LogP contribution in [0.15, 0.2) is 50.9 Å². The summed E-state index contributed by atoms with van der Waals surface area (Å²) in [5.41, 5.74) is 0.929. The number of hydrogen-bond acceptors (Lipinski definition) is 6. The molecule has 1 saturated carbocycles. The molecule has 1 atom stereocenters. The minimum atomic E-state index is -0.781. The number of nitrogens with zero attached hydrogens (tertiary/aromatic N) is 1. The molecule has 28 heavy (non-hydrogen) atoms. The molecule has 1 aromatic rings. The van der Waals surface area contributed by atoms with Crippen molar-refractivity contribution < 1.29 is 19.4 Å². The van der Waals surface area contributed by atoms with E-state index in [0.29, 0.717) is 10.6 Å². The number of benzene rings is 1. The number of hydrogen-bond donors (Lipinski definition) is 2. The Bertz CT molecular complexity index is 898. The van der Waals surface area contributed by atoms with E-state index < -0.39 is 17.8 Å². The van der Waals surface area contributed by atoms with E-state index in [-0.39, 0.29) is 35.2 Å². The van der Waals surface area contributed by atoms with Crippen molar-refractivity contribution in [3.8, 4) is 6.07 Å². The van der Waals surface area contributed by atoms with Gasteiger partial charge in [0.05, 0.1) is 34.9 Å². The van der Waals surface area contributed by atoms with Gasteiger partial charge in [-0.05, 0) is 37.5 Å². The summed E-state index contributed by atoms with van der Waals surface area (Å²) >= 11 is 4.53. The minimum Gasteiger partial charge on any atom is -0.481 e. The summed E-state index contributed by atoms with van der Waals surface area (Å²) in [5, 5.41) is 23.2. The van der Waals surface area contributed by atoms with Crippen molar-refractivity contribution in [2.75, 3.05) is 12.4 Å². The fourth-order valence-corrected chi connectivity index (χ4v) is 4.23. The number of amides is 1. The second-order valence-electron chi connectivity index (χ2n) is 6.47. The Balaban J connectivity index is 2.04. The third-order valence-electron chi connectivity index (χ3n) is 4.52. The molecule has 0 spiro atoms. The highest BCUT2D eigenvalue weighted by atomic mass is 79.9. The molecule has 1 unspecified atom stereocenters. The van der Waals surface area contributed by atoms with Gasteiger partial charge in [0.25, 0.3) is 11.9 Å². The Morgan fingerprint density at radius 1 is 1.39 bits per heavy atom. The van der Waals surface area contributed by atoms with Crippen LogP contribution >= 0.6 is 27.7 Å². The lowest BCUT2D eigenvalue weighted by atomic mass is 9.83. The Morgan fingerprint density at radius 2 is 2.07 bits per heavy atom. The van der Waals surface area contributed by atoms with Gasteiger partial charge in [0.2, 0.25) is 0 Å². The van der Waals surface area contributed by atoms with E-state index in [2.05, 4.69) is 27.3 Å². The summed E-state index contributed by atoms with van der Waals surface area (Å²) in [7, 11) is 0. The van der Waals surface area contributed by atoms with Crippen LogP contribution in [-0.2, 0) is 14.3 Å². The van der Waals surface area contributed by atoms with Crippen LogP contribution in [0.1, 0.15) is 31.2 Å². The SMILES string of the molecule is CCOC(O)=C1C(=O)NC(SCC(=O)C2CC2)=C(C#N)C1c1ccc(Br)cc1. The van der Waals surface area contributed by atoms with Crippen LogP contribution in [-0.4, -0.2) is 29.2 Å². The molecule has 0 bridgehead atoms. The van der Waals surface area contributed by atoms with Crippen molar-refractivity contribution in [3.05, 3.63) is 56.4 Å². The number of nitriles is 1. The van der Waals surface area contributed by atoms with Gasteiger partial charge in [0, 0.05) is 10.4 Å². The normalized spacial score (nSPS) is 21.0. The first-order valence-electron chi connectivity index (χ1n) is 8.88. The van der Waals surface area contributed by atoms with Gasteiger partial charge in [-0.3, -0.25) is 9.59 Å². The van der Waals surface area contributed by atoms with Crippen molar-refractivity contribution in [2.24, 2.45) is 5.92 Å². The van der Waals surface area contributed by atoms with E-state index >= 15 is 0 Å². The lowest BCUT2D eigenvalue weighted by molar-refractivity contribution is -0.118. The van der Waals surface area contributed by atoms with E-state index in [0.717, 1.165) is 29.1 Å². The molecule has 1 aromatic carbocycles. The number of rotatable bonds is 7. The monoisotopic (exact) mass is 462 g/mol. The average molecular weight is 463 g/mol. The highest BCUT2D eigenvalue weighted by molar-refractivity contribution is 9.10. The molecular weight excluding hydrogens is 444 g/mol. The molecule has 1 heterocycles. The number of ketones is 1. The number of nitrogens with one attached hydrogen (secondary N) is 1. The van der Waals surface area contributed by atoms with Gasteiger partial charge in [-0.1, -0.05) is 39.8 Å². The molecule has 1 fully saturated rings. The first-order chi connectivity index (χ1) is 13.5. The lowest BCUT2D eigenvalue weighted by Crippen LogP contribution is -2.35. The molecule has 1 aliphatic carbocycles. The van der Waals surface area contributed by atoms with Gasteiger partial charge in [0.1, 0.15) is 11.4 Å². The Labute approximate surface area is 175 Å². The van der Waals surface area contributed by atoms with E-state index in [9.17, 15) is 20.0 Å². The van der Waals surface area contributed by atoms with Crippen LogP contribution in [0.3, 0.4) is 0 Å². The van der Waals surface area contributed by atoms with Gasteiger partial charge in [0.15, 0.2) is 0 Å². The summed E-state index contributed by atoms with van der Waals surface area (Å²) < 4.78 is 6.02. The number of thioether (sulfide) groups is 1. The molecule has 3 rings (SSSR count). The zero-order valence-corrected chi connectivity index (χ0v) is 17.6. The number of carbonyl (C=O) groups is 2. The van der Waals surface area contributed by atoms with E-state index in [1.165, 1.54) is 0 Å². The molecule has 0 saturated heterocycles. The first-order valence-corrected chi connectivity index (χ1v) is 10.7.